The van der Waals surface area contributed by atoms with Crippen LogP contribution in [0.25, 0.3) is 11.1 Å². The number of nitriles is 1. The van der Waals surface area contributed by atoms with Crippen LogP contribution in [0.5, 0.6) is 0 Å². The van der Waals surface area contributed by atoms with Gasteiger partial charge < -0.3 is 20.2 Å². The first kappa shape index (κ1) is 15.1. The van der Waals surface area contributed by atoms with E-state index in [9.17, 15) is 0 Å². The Kier molecular flexibility index (Phi) is 5.41. The van der Waals surface area contributed by atoms with Crippen LogP contribution in [0.3, 0.4) is 0 Å². The lowest BCUT2D eigenvalue weighted by atomic mass is 10.1. The van der Waals surface area contributed by atoms with Crippen molar-refractivity contribution in [3.05, 3.63) is 18.5 Å². The Hall–Kier alpha value is -2.26. The summed E-state index contributed by atoms with van der Waals surface area (Å²) in [6, 6.07) is 3.99. The van der Waals surface area contributed by atoms with Gasteiger partial charge in [0, 0.05) is 12.1 Å². The van der Waals surface area contributed by atoms with Crippen LogP contribution in [0.4, 0.5) is 11.4 Å². The van der Waals surface area contributed by atoms with Crippen molar-refractivity contribution in [3.63, 3.8) is 0 Å². The summed E-state index contributed by atoms with van der Waals surface area (Å²) < 4.78 is 11.0. The molecule has 0 fully saturated rings. The maximum Gasteiger partial charge on any atom is 0.177 e. The highest BCUT2D eigenvalue weighted by atomic mass is 16.5. The summed E-state index contributed by atoms with van der Waals surface area (Å²) in [5, 5.41) is 11.9. The Morgan fingerprint density at radius 1 is 1.57 bits per heavy atom. The van der Waals surface area contributed by atoms with E-state index in [1.807, 2.05) is 0 Å². The molecule has 112 valence electrons. The molecule has 2 rings (SSSR count). The van der Waals surface area contributed by atoms with E-state index >= 15 is 0 Å². The van der Waals surface area contributed by atoms with Crippen LogP contribution in [0.15, 0.2) is 22.9 Å². The largest absolute Gasteiger partial charge is 0.460 e. The molecule has 0 saturated heterocycles. The second-order valence-electron chi connectivity index (χ2n) is 4.84. The summed E-state index contributed by atoms with van der Waals surface area (Å²) >= 11 is 0. The first-order chi connectivity index (χ1) is 10.3. The van der Waals surface area contributed by atoms with Gasteiger partial charge in [0.2, 0.25) is 0 Å². The van der Waals surface area contributed by atoms with E-state index in [1.54, 1.807) is 18.5 Å². The number of nitrogens with zero attached hydrogens (tertiary/aromatic N) is 2. The first-order valence-corrected chi connectivity index (χ1v) is 7.09. The van der Waals surface area contributed by atoms with Gasteiger partial charge in [-0.15, -0.1) is 0 Å². The fourth-order valence-electron chi connectivity index (χ4n) is 2.17. The van der Waals surface area contributed by atoms with Crippen molar-refractivity contribution in [2.75, 3.05) is 24.3 Å². The Balaban J connectivity index is 2.09. The Morgan fingerprint density at radius 3 is 3.19 bits per heavy atom. The van der Waals surface area contributed by atoms with E-state index in [-0.39, 0.29) is 6.04 Å². The minimum Gasteiger partial charge on any atom is -0.460 e. The number of aromatic nitrogens is 1. The highest BCUT2D eigenvalue weighted by Crippen LogP contribution is 2.29. The lowest BCUT2D eigenvalue weighted by molar-refractivity contribution is 0.128. The van der Waals surface area contributed by atoms with E-state index in [4.69, 9.17) is 20.1 Å². The molecular formula is C15H20N4O2. The molecule has 0 aliphatic rings. The molecule has 0 saturated carbocycles. The van der Waals surface area contributed by atoms with Gasteiger partial charge in [-0.2, -0.15) is 5.26 Å². The standard InChI is InChI=1S/C15H20N4O2/c1-2-4-11(10-20-7-3-6-16)19-14-12(17)9-18-13-5-8-21-15(13)14/h5,8-9,11H,2-4,7,10,17H2,1H3,(H,18,19). The molecule has 0 aliphatic heterocycles. The molecule has 3 N–H and O–H groups in total. The lowest BCUT2D eigenvalue weighted by Crippen LogP contribution is -2.26. The molecule has 0 spiro atoms. The average molecular weight is 288 g/mol. The summed E-state index contributed by atoms with van der Waals surface area (Å²) in [6.07, 6.45) is 5.58. The van der Waals surface area contributed by atoms with Gasteiger partial charge in [-0.1, -0.05) is 13.3 Å². The van der Waals surface area contributed by atoms with Crippen molar-refractivity contribution < 1.29 is 9.15 Å². The summed E-state index contributed by atoms with van der Waals surface area (Å²) in [6.45, 7) is 3.09. The summed E-state index contributed by atoms with van der Waals surface area (Å²) in [4.78, 5) is 4.22. The summed E-state index contributed by atoms with van der Waals surface area (Å²) in [5.74, 6) is 0. The Morgan fingerprint density at radius 2 is 2.43 bits per heavy atom. The van der Waals surface area contributed by atoms with Crippen LogP contribution in [0.1, 0.15) is 26.2 Å². The monoisotopic (exact) mass is 288 g/mol. The van der Waals surface area contributed by atoms with Crippen molar-refractivity contribution in [1.29, 1.82) is 5.26 Å². The van der Waals surface area contributed by atoms with Crippen LogP contribution in [-0.4, -0.2) is 24.2 Å². The van der Waals surface area contributed by atoms with Crippen LogP contribution < -0.4 is 11.1 Å². The lowest BCUT2D eigenvalue weighted by Gasteiger charge is -2.20. The molecule has 6 heteroatoms. The minimum atomic E-state index is 0.117. The highest BCUT2D eigenvalue weighted by molar-refractivity contribution is 5.92. The zero-order valence-electron chi connectivity index (χ0n) is 12.1. The SMILES string of the molecule is CCCC(COCCC#N)Nc1c(N)cnc2ccoc12. The third kappa shape index (κ3) is 3.86. The normalized spacial score (nSPS) is 12.2. The van der Waals surface area contributed by atoms with Gasteiger partial charge in [0.05, 0.1) is 43.9 Å². The van der Waals surface area contributed by atoms with Gasteiger partial charge in [-0.3, -0.25) is 4.98 Å². The van der Waals surface area contributed by atoms with Gasteiger partial charge >= 0.3 is 0 Å². The smallest absolute Gasteiger partial charge is 0.177 e. The highest BCUT2D eigenvalue weighted by Gasteiger charge is 2.15. The van der Waals surface area contributed by atoms with E-state index in [0.29, 0.717) is 30.9 Å². The molecule has 1 unspecified atom stereocenters. The first-order valence-electron chi connectivity index (χ1n) is 7.09. The van der Waals surface area contributed by atoms with Crippen LogP contribution in [0.2, 0.25) is 0 Å². The number of ether oxygens (including phenoxy) is 1. The number of furan rings is 1. The van der Waals surface area contributed by atoms with Crippen molar-refractivity contribution in [2.45, 2.75) is 32.2 Å². The van der Waals surface area contributed by atoms with E-state index in [0.717, 1.165) is 24.0 Å². The molecule has 2 heterocycles. The third-order valence-electron chi connectivity index (χ3n) is 3.17. The minimum absolute atomic E-state index is 0.117. The fourth-order valence-corrected chi connectivity index (χ4v) is 2.17. The van der Waals surface area contributed by atoms with E-state index in [1.165, 1.54) is 0 Å². The maximum atomic E-state index is 8.52. The van der Waals surface area contributed by atoms with Crippen molar-refractivity contribution in [1.82, 2.24) is 4.98 Å². The van der Waals surface area contributed by atoms with Crippen LogP contribution in [-0.2, 0) is 4.74 Å². The Labute approximate surface area is 123 Å². The molecule has 0 aliphatic carbocycles. The Bertz CT molecular complexity index is 618. The second-order valence-corrected chi connectivity index (χ2v) is 4.84. The molecule has 6 nitrogen and oxygen atoms in total. The van der Waals surface area contributed by atoms with E-state index in [2.05, 4.69) is 23.3 Å². The molecule has 0 aromatic carbocycles. The van der Waals surface area contributed by atoms with Crippen molar-refractivity contribution in [3.8, 4) is 6.07 Å². The van der Waals surface area contributed by atoms with Crippen LogP contribution in [0, 0.1) is 11.3 Å². The second kappa shape index (κ2) is 7.50. The topological polar surface area (TPSA) is 97.1 Å². The zero-order chi connectivity index (χ0) is 15.1. The number of anilines is 2. The number of pyridine rings is 1. The molecule has 2 aromatic heterocycles. The molecule has 1 atom stereocenters. The van der Waals surface area contributed by atoms with Gasteiger partial charge in [0.25, 0.3) is 0 Å². The zero-order valence-corrected chi connectivity index (χ0v) is 12.1. The third-order valence-corrected chi connectivity index (χ3v) is 3.17. The summed E-state index contributed by atoms with van der Waals surface area (Å²) in [5.41, 5.74) is 8.74. The van der Waals surface area contributed by atoms with Gasteiger partial charge in [0.1, 0.15) is 11.2 Å². The molecule has 0 radical (unpaired) electrons. The average Bonchev–Trinajstić information content (AvgIpc) is 2.95. The fraction of sp³-hybridized carbons (Fsp3) is 0.467. The van der Waals surface area contributed by atoms with Crippen molar-refractivity contribution in [2.24, 2.45) is 0 Å². The summed E-state index contributed by atoms with van der Waals surface area (Å²) in [7, 11) is 0. The number of rotatable bonds is 8. The predicted octanol–water partition coefficient (Wildman–Crippen LogP) is 2.92. The quantitative estimate of drug-likeness (QED) is 0.725. The molecular weight excluding hydrogens is 268 g/mol. The number of nitrogens with two attached hydrogens (primary N) is 1. The van der Waals surface area contributed by atoms with Crippen molar-refractivity contribution >= 4 is 22.5 Å². The van der Waals surface area contributed by atoms with Gasteiger partial charge in [-0.25, -0.2) is 0 Å². The number of nitrogen functional groups attached to an aromatic ring is 1. The number of hydrogen-bond acceptors (Lipinski definition) is 6. The maximum absolute atomic E-state index is 8.52. The molecule has 21 heavy (non-hydrogen) atoms. The molecule has 2 aromatic rings. The number of hydrogen-bond donors (Lipinski definition) is 2. The van der Waals surface area contributed by atoms with Gasteiger partial charge in [-0.05, 0) is 6.42 Å². The molecule has 0 bridgehead atoms. The van der Waals surface area contributed by atoms with Crippen LogP contribution >= 0.6 is 0 Å². The number of nitrogens with one attached hydrogen (secondary N) is 1. The van der Waals surface area contributed by atoms with E-state index < -0.39 is 0 Å². The van der Waals surface area contributed by atoms with Gasteiger partial charge in [0.15, 0.2) is 5.58 Å². The predicted molar refractivity (Wildman–Crippen MR) is 81.8 cm³/mol. The number of fused-ring (bicyclic) bond motifs is 1. The molecule has 0 amide bonds.